The fourth-order valence-corrected chi connectivity index (χ4v) is 2.82. The predicted octanol–water partition coefficient (Wildman–Crippen LogP) is 3.74. The van der Waals surface area contributed by atoms with Gasteiger partial charge in [0, 0.05) is 31.9 Å². The molecule has 0 radical (unpaired) electrons. The number of halogens is 3. The Bertz CT molecular complexity index is 969. The molecule has 0 amide bonds. The third kappa shape index (κ3) is 7.69. The summed E-state index contributed by atoms with van der Waals surface area (Å²) in [6.07, 6.45) is -0.563. The fraction of sp³-hybridized carbons (Fsp3) is 0.273. The second-order valence-corrected chi connectivity index (χ2v) is 6.86. The number of hydrogen-bond acceptors (Lipinski definition) is 3. The standard InChI is InChI=1S/C22H24F3N5O/c1-26-21(27-11-17-7-9-20(10-8-17)31-16-22(23,24)25)28-12-19-13-29-30(15-19)14-18-5-3-2-4-6-18/h2-10,13,15H,11-12,14,16H2,1H3,(H2,26,27,28). The van der Waals surface area contributed by atoms with Crippen molar-refractivity contribution in [2.45, 2.75) is 25.8 Å². The van der Waals surface area contributed by atoms with E-state index in [-0.39, 0.29) is 5.75 Å². The average molecular weight is 431 g/mol. The van der Waals surface area contributed by atoms with E-state index in [1.165, 1.54) is 17.7 Å². The lowest BCUT2D eigenvalue weighted by Gasteiger charge is -2.12. The number of ether oxygens (including phenoxy) is 1. The number of hydrogen-bond donors (Lipinski definition) is 2. The Morgan fingerprint density at radius 2 is 1.65 bits per heavy atom. The maximum atomic E-state index is 12.2. The summed E-state index contributed by atoms with van der Waals surface area (Å²) in [4.78, 5) is 4.18. The van der Waals surface area contributed by atoms with Gasteiger partial charge in [0.15, 0.2) is 12.6 Å². The first-order valence-electron chi connectivity index (χ1n) is 9.69. The summed E-state index contributed by atoms with van der Waals surface area (Å²) in [5, 5.41) is 10.8. The Hall–Kier alpha value is -3.49. The van der Waals surface area contributed by atoms with Gasteiger partial charge >= 0.3 is 6.18 Å². The topological polar surface area (TPSA) is 63.5 Å². The van der Waals surface area contributed by atoms with E-state index in [0.717, 1.165) is 11.1 Å². The molecule has 1 heterocycles. The van der Waals surface area contributed by atoms with Crippen LogP contribution in [0.5, 0.6) is 5.75 Å². The Morgan fingerprint density at radius 1 is 0.968 bits per heavy atom. The molecule has 2 aromatic carbocycles. The van der Waals surface area contributed by atoms with Crippen molar-refractivity contribution in [1.29, 1.82) is 0 Å². The minimum atomic E-state index is -4.35. The zero-order chi connectivity index (χ0) is 22.1. The van der Waals surface area contributed by atoms with Crippen LogP contribution in [0.1, 0.15) is 16.7 Å². The lowest BCUT2D eigenvalue weighted by Crippen LogP contribution is -2.36. The Kier molecular flexibility index (Phi) is 7.53. The molecule has 0 unspecified atom stereocenters. The van der Waals surface area contributed by atoms with Crippen LogP contribution >= 0.6 is 0 Å². The van der Waals surface area contributed by atoms with Crippen LogP contribution in [0.25, 0.3) is 0 Å². The SMILES string of the molecule is CN=C(NCc1ccc(OCC(F)(F)F)cc1)NCc1cnn(Cc2ccccc2)c1. The Balaban J connectivity index is 1.44. The van der Waals surface area contributed by atoms with Crippen molar-refractivity contribution in [3.05, 3.63) is 83.7 Å². The van der Waals surface area contributed by atoms with E-state index in [1.807, 2.05) is 35.3 Å². The molecule has 2 N–H and O–H groups in total. The van der Waals surface area contributed by atoms with Gasteiger partial charge in [-0.05, 0) is 23.3 Å². The number of aliphatic imine (C=N–C) groups is 1. The molecule has 164 valence electrons. The minimum Gasteiger partial charge on any atom is -0.484 e. The largest absolute Gasteiger partial charge is 0.484 e. The predicted molar refractivity (Wildman–Crippen MR) is 113 cm³/mol. The number of rotatable bonds is 8. The van der Waals surface area contributed by atoms with Crippen molar-refractivity contribution >= 4 is 5.96 Å². The molecule has 0 aliphatic carbocycles. The summed E-state index contributed by atoms with van der Waals surface area (Å²) < 4.78 is 43.2. The zero-order valence-electron chi connectivity index (χ0n) is 17.1. The monoisotopic (exact) mass is 431 g/mol. The maximum Gasteiger partial charge on any atom is 0.422 e. The van der Waals surface area contributed by atoms with Crippen molar-refractivity contribution in [1.82, 2.24) is 20.4 Å². The van der Waals surface area contributed by atoms with Gasteiger partial charge in [-0.1, -0.05) is 42.5 Å². The van der Waals surface area contributed by atoms with Gasteiger partial charge in [0.1, 0.15) is 5.75 Å². The number of nitrogens with one attached hydrogen (secondary N) is 2. The zero-order valence-corrected chi connectivity index (χ0v) is 17.1. The van der Waals surface area contributed by atoms with E-state index in [2.05, 4.69) is 32.9 Å². The second kappa shape index (κ2) is 10.5. The Morgan fingerprint density at radius 3 is 2.29 bits per heavy atom. The molecule has 0 spiro atoms. The van der Waals surface area contributed by atoms with Crippen LogP contribution in [0, 0.1) is 0 Å². The number of alkyl halides is 3. The highest BCUT2D eigenvalue weighted by Crippen LogP contribution is 2.18. The van der Waals surface area contributed by atoms with Gasteiger partial charge in [0.25, 0.3) is 0 Å². The van der Waals surface area contributed by atoms with Gasteiger partial charge in [-0.2, -0.15) is 18.3 Å². The molecular formula is C22H24F3N5O. The summed E-state index contributed by atoms with van der Waals surface area (Å²) >= 11 is 0. The highest BCUT2D eigenvalue weighted by atomic mass is 19.4. The number of aromatic nitrogens is 2. The van der Waals surface area contributed by atoms with Crippen molar-refractivity contribution in [2.24, 2.45) is 4.99 Å². The summed E-state index contributed by atoms with van der Waals surface area (Å²) in [6.45, 7) is 0.421. The lowest BCUT2D eigenvalue weighted by molar-refractivity contribution is -0.153. The number of benzene rings is 2. The molecule has 0 saturated carbocycles. The van der Waals surface area contributed by atoms with Crippen LogP contribution in [0.3, 0.4) is 0 Å². The highest BCUT2D eigenvalue weighted by molar-refractivity contribution is 5.79. The molecule has 1 aromatic heterocycles. The second-order valence-electron chi connectivity index (χ2n) is 6.86. The van der Waals surface area contributed by atoms with Crippen LogP contribution in [-0.4, -0.2) is 35.6 Å². The number of nitrogens with zero attached hydrogens (tertiary/aromatic N) is 3. The summed E-state index contributed by atoms with van der Waals surface area (Å²) in [5.74, 6) is 0.782. The minimum absolute atomic E-state index is 0.177. The average Bonchev–Trinajstić information content (AvgIpc) is 3.20. The van der Waals surface area contributed by atoms with Gasteiger partial charge in [0.05, 0.1) is 12.7 Å². The molecule has 0 aliphatic heterocycles. The van der Waals surface area contributed by atoms with E-state index in [0.29, 0.717) is 25.6 Å². The van der Waals surface area contributed by atoms with Gasteiger partial charge in [0.2, 0.25) is 0 Å². The van der Waals surface area contributed by atoms with Crippen LogP contribution in [0.15, 0.2) is 72.0 Å². The Labute approximate surface area is 178 Å². The van der Waals surface area contributed by atoms with Crippen LogP contribution in [0.2, 0.25) is 0 Å². The molecule has 0 bridgehead atoms. The van der Waals surface area contributed by atoms with Crippen molar-refractivity contribution in [3.8, 4) is 5.75 Å². The maximum absolute atomic E-state index is 12.2. The molecule has 0 atom stereocenters. The molecule has 3 aromatic rings. The van der Waals surface area contributed by atoms with E-state index in [1.54, 1.807) is 19.2 Å². The molecule has 0 saturated heterocycles. The van der Waals surface area contributed by atoms with Crippen molar-refractivity contribution in [2.75, 3.05) is 13.7 Å². The number of guanidine groups is 1. The van der Waals surface area contributed by atoms with E-state index in [9.17, 15) is 13.2 Å². The van der Waals surface area contributed by atoms with Gasteiger partial charge < -0.3 is 15.4 Å². The van der Waals surface area contributed by atoms with Crippen LogP contribution in [0.4, 0.5) is 13.2 Å². The van der Waals surface area contributed by atoms with Crippen LogP contribution < -0.4 is 15.4 Å². The van der Waals surface area contributed by atoms with Gasteiger partial charge in [-0.3, -0.25) is 9.67 Å². The first-order valence-corrected chi connectivity index (χ1v) is 9.69. The molecular weight excluding hydrogens is 407 g/mol. The molecule has 6 nitrogen and oxygen atoms in total. The normalized spacial score (nSPS) is 11.9. The summed E-state index contributed by atoms with van der Waals surface area (Å²) in [6, 6.07) is 16.5. The quantitative estimate of drug-likeness (QED) is 0.421. The third-order valence-electron chi connectivity index (χ3n) is 4.34. The van der Waals surface area contributed by atoms with E-state index >= 15 is 0 Å². The molecule has 0 fully saturated rings. The van der Waals surface area contributed by atoms with Gasteiger partial charge in [-0.15, -0.1) is 0 Å². The highest BCUT2D eigenvalue weighted by Gasteiger charge is 2.28. The molecule has 9 heteroatoms. The van der Waals surface area contributed by atoms with E-state index < -0.39 is 12.8 Å². The lowest BCUT2D eigenvalue weighted by atomic mass is 10.2. The smallest absolute Gasteiger partial charge is 0.422 e. The molecule has 3 rings (SSSR count). The summed E-state index contributed by atoms with van der Waals surface area (Å²) in [5.41, 5.74) is 3.08. The summed E-state index contributed by atoms with van der Waals surface area (Å²) in [7, 11) is 1.67. The van der Waals surface area contributed by atoms with Crippen LogP contribution in [-0.2, 0) is 19.6 Å². The third-order valence-corrected chi connectivity index (χ3v) is 4.34. The first-order chi connectivity index (χ1) is 14.9. The van der Waals surface area contributed by atoms with E-state index in [4.69, 9.17) is 4.74 Å². The first kappa shape index (κ1) is 22.2. The molecule has 0 aliphatic rings. The fourth-order valence-electron chi connectivity index (χ4n) is 2.82. The van der Waals surface area contributed by atoms with Crippen molar-refractivity contribution in [3.63, 3.8) is 0 Å². The molecule has 31 heavy (non-hydrogen) atoms. The van der Waals surface area contributed by atoms with Crippen molar-refractivity contribution < 1.29 is 17.9 Å². The van der Waals surface area contributed by atoms with Gasteiger partial charge in [-0.25, -0.2) is 0 Å².